The number of amidine groups is 1. The van der Waals surface area contributed by atoms with Crippen LogP contribution < -0.4 is 5.32 Å². The fourth-order valence-corrected chi connectivity index (χ4v) is 6.77. The predicted octanol–water partition coefficient (Wildman–Crippen LogP) is 4.13. The number of aliphatic imine (C=N–C) groups is 1. The van der Waals surface area contributed by atoms with Gasteiger partial charge in [-0.3, -0.25) is 14.6 Å². The SMILES string of the molecule is Cc1cc(C(=O)N2CCC(C)(O)CC2)cc(C)c1/C=C/[S+]([O-])N1CCC2(CC1)N=C(c1ccc(F)c(Cl)c1)NC2=O. The van der Waals surface area contributed by atoms with E-state index in [0.29, 0.717) is 68.8 Å². The van der Waals surface area contributed by atoms with Crippen LogP contribution in [0.5, 0.6) is 0 Å². The van der Waals surface area contributed by atoms with Crippen molar-refractivity contribution in [2.75, 3.05) is 26.2 Å². The molecule has 1 unspecified atom stereocenters. The maximum Gasteiger partial charge on any atom is 0.253 e. The number of aliphatic hydroxyl groups is 1. The highest BCUT2D eigenvalue weighted by Crippen LogP contribution is 2.33. The lowest BCUT2D eigenvalue weighted by Crippen LogP contribution is -2.50. The minimum atomic E-state index is -1.41. The van der Waals surface area contributed by atoms with Crippen molar-refractivity contribution in [2.45, 2.75) is 57.6 Å². The molecule has 218 valence electrons. The summed E-state index contributed by atoms with van der Waals surface area (Å²) in [7, 11) is 0. The fourth-order valence-electron chi connectivity index (χ4n) is 5.62. The van der Waals surface area contributed by atoms with E-state index in [2.05, 4.69) is 10.3 Å². The molecule has 2 saturated heterocycles. The number of carbonyl (C=O) groups excluding carboxylic acids is 2. The van der Waals surface area contributed by atoms with Gasteiger partial charge in [-0.2, -0.15) is 0 Å². The zero-order valence-corrected chi connectivity index (χ0v) is 24.9. The summed E-state index contributed by atoms with van der Waals surface area (Å²) < 4.78 is 28.5. The van der Waals surface area contributed by atoms with E-state index in [0.717, 1.165) is 16.7 Å². The van der Waals surface area contributed by atoms with Gasteiger partial charge in [0.2, 0.25) is 0 Å². The first-order valence-corrected chi connectivity index (χ1v) is 15.3. The average molecular weight is 601 g/mol. The second kappa shape index (κ2) is 11.5. The lowest BCUT2D eigenvalue weighted by atomic mass is 9.89. The molecule has 0 aliphatic carbocycles. The number of rotatable bonds is 5. The van der Waals surface area contributed by atoms with Gasteiger partial charge in [0.15, 0.2) is 0 Å². The number of nitrogens with one attached hydrogen (secondary N) is 1. The number of hydrogen-bond acceptors (Lipinski definition) is 6. The van der Waals surface area contributed by atoms with Crippen molar-refractivity contribution in [2.24, 2.45) is 4.99 Å². The minimum absolute atomic E-state index is 0.0405. The molecule has 41 heavy (non-hydrogen) atoms. The molecule has 3 aliphatic heterocycles. The highest BCUT2D eigenvalue weighted by molar-refractivity contribution is 7.92. The van der Waals surface area contributed by atoms with E-state index < -0.39 is 28.3 Å². The fraction of sp³-hybridized carbons (Fsp3) is 0.433. The number of nitrogens with zero attached hydrogens (tertiary/aromatic N) is 3. The summed E-state index contributed by atoms with van der Waals surface area (Å²) in [6.45, 7) is 7.55. The van der Waals surface area contributed by atoms with Gasteiger partial charge in [-0.15, -0.1) is 4.31 Å². The minimum Gasteiger partial charge on any atom is -0.593 e. The van der Waals surface area contributed by atoms with Crippen molar-refractivity contribution in [1.82, 2.24) is 14.5 Å². The monoisotopic (exact) mass is 600 g/mol. The van der Waals surface area contributed by atoms with Crippen LogP contribution in [0.15, 0.2) is 40.7 Å². The molecule has 8 nitrogen and oxygen atoms in total. The first-order chi connectivity index (χ1) is 19.4. The van der Waals surface area contributed by atoms with Crippen LogP contribution in [0.2, 0.25) is 5.02 Å². The van der Waals surface area contributed by atoms with Gasteiger partial charge < -0.3 is 19.9 Å². The van der Waals surface area contributed by atoms with E-state index in [-0.39, 0.29) is 16.8 Å². The van der Waals surface area contributed by atoms with Crippen molar-refractivity contribution in [3.63, 3.8) is 0 Å². The zero-order valence-electron chi connectivity index (χ0n) is 23.4. The van der Waals surface area contributed by atoms with Gasteiger partial charge in [0.05, 0.1) is 22.0 Å². The molecule has 2 aromatic rings. The second-order valence-electron chi connectivity index (χ2n) is 11.4. The predicted molar refractivity (Wildman–Crippen MR) is 158 cm³/mol. The number of benzene rings is 2. The van der Waals surface area contributed by atoms with Crippen LogP contribution in [-0.4, -0.2) is 73.8 Å². The summed E-state index contributed by atoms with van der Waals surface area (Å²) in [6, 6.07) is 7.93. The van der Waals surface area contributed by atoms with E-state index in [4.69, 9.17) is 11.6 Å². The van der Waals surface area contributed by atoms with Gasteiger partial charge in [0.25, 0.3) is 11.8 Å². The Balaban J connectivity index is 1.22. The summed E-state index contributed by atoms with van der Waals surface area (Å²) in [5.41, 5.74) is 2.21. The van der Waals surface area contributed by atoms with Gasteiger partial charge in [0.1, 0.15) is 22.6 Å². The molecule has 0 saturated carbocycles. The molecule has 3 heterocycles. The number of piperidine rings is 2. The molecule has 3 aliphatic rings. The highest BCUT2D eigenvalue weighted by Gasteiger charge is 2.47. The van der Waals surface area contributed by atoms with Gasteiger partial charge >= 0.3 is 0 Å². The second-order valence-corrected chi connectivity index (χ2v) is 13.1. The number of aryl methyl sites for hydroxylation is 2. The van der Waals surface area contributed by atoms with Gasteiger partial charge in [-0.25, -0.2) is 4.39 Å². The van der Waals surface area contributed by atoms with Crippen molar-refractivity contribution in [3.05, 3.63) is 74.4 Å². The Labute approximate surface area is 247 Å². The van der Waals surface area contributed by atoms with Crippen LogP contribution >= 0.6 is 11.6 Å². The molecule has 0 aromatic heterocycles. The van der Waals surface area contributed by atoms with Crippen LogP contribution in [0.3, 0.4) is 0 Å². The molecule has 2 fully saturated rings. The molecule has 2 N–H and O–H groups in total. The third-order valence-electron chi connectivity index (χ3n) is 8.30. The molecule has 5 rings (SSSR count). The molecule has 1 atom stereocenters. The first kappa shape index (κ1) is 29.7. The number of hydrogen-bond donors (Lipinski definition) is 2. The van der Waals surface area contributed by atoms with Crippen LogP contribution in [0.4, 0.5) is 4.39 Å². The molecule has 0 radical (unpaired) electrons. The van der Waals surface area contributed by atoms with Crippen molar-refractivity contribution in [3.8, 4) is 0 Å². The molecule has 11 heteroatoms. The van der Waals surface area contributed by atoms with Crippen LogP contribution in [0.1, 0.15) is 65.2 Å². The molecule has 0 bridgehead atoms. The Hall–Kier alpha value is -2.76. The van der Waals surface area contributed by atoms with Crippen molar-refractivity contribution in [1.29, 1.82) is 0 Å². The molecule has 1 spiro atoms. The standard InChI is InChI=1S/C30H34ClFN4O4S/c1-19-16-22(27(37)35-11-7-29(3,39)8-12-35)17-20(2)23(19)6-15-41(40)36-13-9-30(10-14-36)28(38)33-26(34-30)21-4-5-25(32)24(31)18-21/h4-6,15-18,39H,7-14H2,1-3H3,(H,33,34,38)/b15-6+. The van der Waals surface area contributed by atoms with E-state index in [1.54, 1.807) is 17.2 Å². The Morgan fingerprint density at radius 1 is 1.12 bits per heavy atom. The van der Waals surface area contributed by atoms with Crippen LogP contribution in [0.25, 0.3) is 6.08 Å². The number of carbonyl (C=O) groups is 2. The topological polar surface area (TPSA) is 108 Å². The zero-order chi connectivity index (χ0) is 29.5. The Morgan fingerprint density at radius 3 is 2.37 bits per heavy atom. The smallest absolute Gasteiger partial charge is 0.253 e. The number of halogens is 2. The average Bonchev–Trinajstić information content (AvgIpc) is 3.24. The quantitative estimate of drug-likeness (QED) is 0.502. The van der Waals surface area contributed by atoms with Gasteiger partial charge in [-0.05, 0) is 99.6 Å². The summed E-state index contributed by atoms with van der Waals surface area (Å²) in [5, 5.41) is 14.6. The Morgan fingerprint density at radius 2 is 1.76 bits per heavy atom. The maximum absolute atomic E-state index is 13.6. The maximum atomic E-state index is 13.6. The van der Waals surface area contributed by atoms with E-state index in [1.165, 1.54) is 18.2 Å². The Kier molecular flexibility index (Phi) is 8.33. The Bertz CT molecular complexity index is 1400. The van der Waals surface area contributed by atoms with Gasteiger partial charge in [-0.1, -0.05) is 11.6 Å². The lowest BCUT2D eigenvalue weighted by Gasteiger charge is -2.36. The molecule has 2 aromatic carbocycles. The van der Waals surface area contributed by atoms with Gasteiger partial charge in [0, 0.05) is 37.3 Å². The highest BCUT2D eigenvalue weighted by atomic mass is 35.5. The summed E-state index contributed by atoms with van der Waals surface area (Å²) in [5.74, 6) is -0.435. The molecule has 2 amide bonds. The molecular weight excluding hydrogens is 567 g/mol. The number of likely N-dealkylation sites (tertiary alicyclic amines) is 1. The summed E-state index contributed by atoms with van der Waals surface area (Å²) >= 11 is 4.49. The normalized spacial score (nSPS) is 21.3. The summed E-state index contributed by atoms with van der Waals surface area (Å²) in [4.78, 5) is 32.4. The van der Waals surface area contributed by atoms with Crippen molar-refractivity contribution >= 4 is 46.7 Å². The van der Waals surface area contributed by atoms with E-state index in [9.17, 15) is 23.6 Å². The van der Waals surface area contributed by atoms with E-state index in [1.807, 2.05) is 36.4 Å². The lowest BCUT2D eigenvalue weighted by molar-refractivity contribution is -0.124. The molecular formula is C30H34ClFN4O4S. The third kappa shape index (κ3) is 6.22. The van der Waals surface area contributed by atoms with E-state index >= 15 is 0 Å². The van der Waals surface area contributed by atoms with Crippen LogP contribution in [-0.2, 0) is 16.2 Å². The van der Waals surface area contributed by atoms with Crippen molar-refractivity contribution < 1.29 is 23.6 Å². The summed E-state index contributed by atoms with van der Waals surface area (Å²) in [6.07, 6.45) is 3.74. The first-order valence-electron chi connectivity index (χ1n) is 13.7. The third-order valence-corrected chi connectivity index (χ3v) is 9.83. The van der Waals surface area contributed by atoms with Crippen LogP contribution in [0, 0.1) is 19.7 Å². The largest absolute Gasteiger partial charge is 0.593 e. The number of amides is 2.